The van der Waals surface area contributed by atoms with Crippen LogP contribution < -0.4 is 10.8 Å². The predicted molar refractivity (Wildman–Crippen MR) is 84.5 cm³/mol. The monoisotopic (exact) mass is 273 g/mol. The van der Waals surface area contributed by atoms with Crippen LogP contribution in [-0.4, -0.2) is 11.8 Å². The molecular formula is C17H25N2O+. The van der Waals surface area contributed by atoms with E-state index in [1.54, 1.807) is 0 Å². The third-order valence-electron chi connectivity index (χ3n) is 2.92. The van der Waals surface area contributed by atoms with Crippen molar-refractivity contribution >= 4 is 11.4 Å². The predicted octanol–water partition coefficient (Wildman–Crippen LogP) is 3.26. The second-order valence-electron chi connectivity index (χ2n) is 4.38. The fourth-order valence-electron chi connectivity index (χ4n) is 1.94. The number of benzene rings is 2. The van der Waals surface area contributed by atoms with Gasteiger partial charge in [0, 0.05) is 12.6 Å². The lowest BCUT2D eigenvalue weighted by Gasteiger charge is -2.08. The number of rotatable bonds is 5. The lowest BCUT2D eigenvalue weighted by atomic mass is 10.1. The highest BCUT2D eigenvalue weighted by Crippen LogP contribution is 2.18. The first-order valence-electron chi connectivity index (χ1n) is 7.15. The Balaban J connectivity index is 0.000000956. The largest absolute Gasteiger partial charge is 0.380 e. The van der Waals surface area contributed by atoms with E-state index in [9.17, 15) is 5.21 Å². The maximum absolute atomic E-state index is 9.19. The number of nitrogens with one attached hydrogen (secondary N) is 1. The Labute approximate surface area is 121 Å². The minimum atomic E-state index is 0.836. The van der Waals surface area contributed by atoms with Crippen LogP contribution in [0.3, 0.4) is 0 Å². The van der Waals surface area contributed by atoms with E-state index in [0.29, 0.717) is 0 Å². The van der Waals surface area contributed by atoms with E-state index in [1.807, 2.05) is 57.2 Å². The molecule has 0 spiro atoms. The van der Waals surface area contributed by atoms with Gasteiger partial charge in [-0.2, -0.15) is 5.48 Å². The Morgan fingerprint density at radius 2 is 1.75 bits per heavy atom. The highest BCUT2D eigenvalue weighted by atomic mass is 16.5. The quantitative estimate of drug-likeness (QED) is 0.578. The van der Waals surface area contributed by atoms with Gasteiger partial charge in [0.15, 0.2) is 5.69 Å². The molecule has 0 aromatic heterocycles. The lowest BCUT2D eigenvalue weighted by molar-refractivity contribution is -0.825. The molecule has 2 aromatic rings. The molecule has 0 heterocycles. The number of anilines is 1. The molecule has 0 saturated carbocycles. The van der Waals surface area contributed by atoms with Crippen LogP contribution in [-0.2, 0) is 6.42 Å². The maximum atomic E-state index is 9.19. The standard InChI is InChI=1S/C15H18N2O.C2H6/c1-12-7-8-14(15(11-12)17-18)16-10-9-13-5-3-2-4-6-13;1-2/h2-8,11,16-18H,9-10H2,1H3;1-2H3/p+1. The van der Waals surface area contributed by atoms with E-state index in [1.165, 1.54) is 5.56 Å². The molecule has 2 rings (SSSR count). The summed E-state index contributed by atoms with van der Waals surface area (Å²) in [6.45, 7) is 6.87. The summed E-state index contributed by atoms with van der Waals surface area (Å²) in [6.07, 6.45) is 0.972. The van der Waals surface area contributed by atoms with Gasteiger partial charge in [0.05, 0.1) is 5.69 Å². The molecule has 0 radical (unpaired) electrons. The number of aryl methyl sites for hydroxylation is 1. The average Bonchev–Trinajstić information content (AvgIpc) is 2.51. The molecule has 0 fully saturated rings. The zero-order chi connectivity index (χ0) is 14.8. The van der Waals surface area contributed by atoms with Crippen molar-refractivity contribution < 1.29 is 10.7 Å². The molecule has 0 aliphatic carbocycles. The van der Waals surface area contributed by atoms with E-state index in [2.05, 4.69) is 17.4 Å². The number of nitrogens with two attached hydrogens (primary N) is 1. The summed E-state index contributed by atoms with van der Waals surface area (Å²) in [5.74, 6) is 0. The second kappa shape index (κ2) is 9.13. The third-order valence-corrected chi connectivity index (χ3v) is 2.92. The number of hydrogen-bond acceptors (Lipinski definition) is 2. The van der Waals surface area contributed by atoms with Crippen molar-refractivity contribution in [2.24, 2.45) is 0 Å². The van der Waals surface area contributed by atoms with Gasteiger partial charge in [-0.1, -0.05) is 50.2 Å². The lowest BCUT2D eigenvalue weighted by Crippen LogP contribution is -2.74. The summed E-state index contributed by atoms with van der Waals surface area (Å²) in [4.78, 5) is 0. The summed E-state index contributed by atoms with van der Waals surface area (Å²) < 4.78 is 0. The molecule has 0 aliphatic rings. The minimum absolute atomic E-state index is 0.836. The summed E-state index contributed by atoms with van der Waals surface area (Å²) in [6, 6.07) is 16.4. The molecule has 3 nitrogen and oxygen atoms in total. The van der Waals surface area contributed by atoms with E-state index < -0.39 is 0 Å². The molecular weight excluding hydrogens is 248 g/mol. The fourth-order valence-corrected chi connectivity index (χ4v) is 1.94. The molecule has 3 heteroatoms. The fraction of sp³-hybridized carbons (Fsp3) is 0.294. The van der Waals surface area contributed by atoms with E-state index >= 15 is 0 Å². The molecule has 4 N–H and O–H groups in total. The summed E-state index contributed by atoms with van der Waals surface area (Å²) >= 11 is 0. The maximum Gasteiger partial charge on any atom is 0.185 e. The van der Waals surface area contributed by atoms with Gasteiger partial charge in [0.2, 0.25) is 0 Å². The first-order valence-corrected chi connectivity index (χ1v) is 7.15. The topological polar surface area (TPSA) is 48.9 Å². The van der Waals surface area contributed by atoms with Gasteiger partial charge in [-0.15, -0.1) is 0 Å². The van der Waals surface area contributed by atoms with Crippen LogP contribution in [0, 0.1) is 6.92 Å². The van der Waals surface area contributed by atoms with Crippen molar-refractivity contribution in [1.29, 1.82) is 0 Å². The Morgan fingerprint density at radius 3 is 2.40 bits per heavy atom. The first-order chi connectivity index (χ1) is 9.79. The zero-order valence-electron chi connectivity index (χ0n) is 12.6. The summed E-state index contributed by atoms with van der Waals surface area (Å²) in [7, 11) is 0. The smallest absolute Gasteiger partial charge is 0.185 e. The number of hydrogen-bond donors (Lipinski definition) is 3. The van der Waals surface area contributed by atoms with Gasteiger partial charge in [0.25, 0.3) is 0 Å². The molecule has 0 atom stereocenters. The first kappa shape index (κ1) is 16.2. The Morgan fingerprint density at radius 1 is 1.05 bits per heavy atom. The van der Waals surface area contributed by atoms with Gasteiger partial charge in [-0.3, -0.25) is 0 Å². The van der Waals surface area contributed by atoms with Crippen LogP contribution in [0.25, 0.3) is 0 Å². The zero-order valence-corrected chi connectivity index (χ0v) is 12.6. The Hall–Kier alpha value is -1.84. The van der Waals surface area contributed by atoms with Crippen LogP contribution >= 0.6 is 0 Å². The van der Waals surface area contributed by atoms with Crippen molar-refractivity contribution in [2.45, 2.75) is 27.2 Å². The van der Waals surface area contributed by atoms with Crippen LogP contribution in [0.4, 0.5) is 11.4 Å². The molecule has 0 aliphatic heterocycles. The third kappa shape index (κ3) is 5.03. The van der Waals surface area contributed by atoms with Gasteiger partial charge >= 0.3 is 0 Å². The molecule has 2 aromatic carbocycles. The summed E-state index contributed by atoms with van der Waals surface area (Å²) in [5, 5.41) is 12.5. The molecule has 0 unspecified atom stereocenters. The molecule has 0 amide bonds. The van der Waals surface area contributed by atoms with Crippen LogP contribution in [0.1, 0.15) is 25.0 Å². The molecule has 0 bridgehead atoms. The average molecular weight is 273 g/mol. The van der Waals surface area contributed by atoms with Gasteiger partial charge < -0.3 is 5.32 Å². The SMILES string of the molecule is CC.Cc1ccc(NCCc2ccccc2)c([NH2+]O)c1. The number of quaternary nitrogens is 1. The van der Waals surface area contributed by atoms with Crippen molar-refractivity contribution in [2.75, 3.05) is 11.9 Å². The molecule has 0 saturated heterocycles. The highest BCUT2D eigenvalue weighted by Gasteiger charge is 2.05. The Kier molecular flexibility index (Phi) is 7.40. The van der Waals surface area contributed by atoms with Crippen LogP contribution in [0.2, 0.25) is 0 Å². The van der Waals surface area contributed by atoms with Gasteiger partial charge in [0.1, 0.15) is 0 Å². The van der Waals surface area contributed by atoms with Crippen LogP contribution in [0.15, 0.2) is 48.5 Å². The van der Waals surface area contributed by atoms with Gasteiger partial charge in [-0.25, -0.2) is 5.21 Å². The van der Waals surface area contributed by atoms with Crippen molar-refractivity contribution in [1.82, 2.24) is 0 Å². The van der Waals surface area contributed by atoms with E-state index in [4.69, 9.17) is 0 Å². The van der Waals surface area contributed by atoms with Crippen molar-refractivity contribution in [3.05, 3.63) is 59.7 Å². The molecule has 108 valence electrons. The van der Waals surface area contributed by atoms with Crippen molar-refractivity contribution in [3.8, 4) is 0 Å². The minimum Gasteiger partial charge on any atom is -0.380 e. The normalized spacial score (nSPS) is 9.60. The highest BCUT2D eigenvalue weighted by molar-refractivity contribution is 5.61. The van der Waals surface area contributed by atoms with Crippen molar-refractivity contribution in [3.63, 3.8) is 0 Å². The van der Waals surface area contributed by atoms with E-state index in [0.717, 1.165) is 35.4 Å². The summed E-state index contributed by atoms with van der Waals surface area (Å²) in [5.41, 5.74) is 5.41. The Bertz CT molecular complexity index is 498. The molecule has 20 heavy (non-hydrogen) atoms. The van der Waals surface area contributed by atoms with E-state index in [-0.39, 0.29) is 0 Å². The van der Waals surface area contributed by atoms with Crippen LogP contribution in [0.5, 0.6) is 0 Å². The second-order valence-corrected chi connectivity index (χ2v) is 4.38. The van der Waals surface area contributed by atoms with Gasteiger partial charge in [-0.05, 0) is 30.5 Å².